The van der Waals surface area contributed by atoms with E-state index in [4.69, 9.17) is 14.2 Å². The van der Waals surface area contributed by atoms with Crippen molar-refractivity contribution < 1.29 is 23.8 Å². The minimum atomic E-state index is -0.562. The van der Waals surface area contributed by atoms with Gasteiger partial charge in [0.2, 0.25) is 0 Å². The molecule has 1 saturated heterocycles. The Bertz CT molecular complexity index is 419. The van der Waals surface area contributed by atoms with Crippen LogP contribution in [0.15, 0.2) is 12.7 Å². The third-order valence-corrected chi connectivity index (χ3v) is 3.22. The molecule has 0 aromatic rings. The fraction of sp³-hybridized carbons (Fsp3) is 0.750. The Morgan fingerprint density at radius 1 is 1.39 bits per heavy atom. The number of ether oxygens (including phenoxy) is 3. The molecular weight excluding hydrogens is 300 g/mol. The summed E-state index contributed by atoms with van der Waals surface area (Å²) in [5, 5.41) is 2.83. The fourth-order valence-electron chi connectivity index (χ4n) is 2.28. The number of nitrogens with zero attached hydrogens (tertiary/aromatic N) is 1. The van der Waals surface area contributed by atoms with Gasteiger partial charge in [0.25, 0.3) is 0 Å². The van der Waals surface area contributed by atoms with Crippen molar-refractivity contribution >= 4 is 12.2 Å². The molecule has 0 aromatic heterocycles. The van der Waals surface area contributed by atoms with Crippen molar-refractivity contribution in [1.82, 2.24) is 10.2 Å². The number of carbonyl (C=O) groups is 2. The lowest BCUT2D eigenvalue weighted by atomic mass is 10.0. The van der Waals surface area contributed by atoms with E-state index in [0.29, 0.717) is 32.7 Å². The highest BCUT2D eigenvalue weighted by atomic mass is 16.6. The third-order valence-electron chi connectivity index (χ3n) is 3.22. The van der Waals surface area contributed by atoms with Gasteiger partial charge in [0.15, 0.2) is 0 Å². The lowest BCUT2D eigenvalue weighted by Crippen LogP contribution is -2.56. The number of alkyl carbamates (subject to hydrolysis) is 1. The van der Waals surface area contributed by atoms with Gasteiger partial charge in [-0.1, -0.05) is 6.08 Å². The molecule has 2 amide bonds. The topological polar surface area (TPSA) is 77.1 Å². The predicted molar refractivity (Wildman–Crippen MR) is 86.3 cm³/mol. The Labute approximate surface area is 137 Å². The van der Waals surface area contributed by atoms with E-state index in [0.717, 1.165) is 0 Å². The number of amides is 2. The van der Waals surface area contributed by atoms with Gasteiger partial charge in [0.1, 0.15) is 5.60 Å². The molecule has 1 N–H and O–H groups in total. The zero-order valence-electron chi connectivity index (χ0n) is 14.5. The first-order chi connectivity index (χ1) is 10.8. The summed E-state index contributed by atoms with van der Waals surface area (Å²) in [7, 11) is 0. The van der Waals surface area contributed by atoms with Crippen LogP contribution >= 0.6 is 0 Å². The van der Waals surface area contributed by atoms with Crippen LogP contribution in [0.25, 0.3) is 0 Å². The van der Waals surface area contributed by atoms with E-state index in [1.165, 1.54) is 0 Å². The second-order valence-corrected chi connectivity index (χ2v) is 6.35. The molecule has 1 aliphatic rings. The van der Waals surface area contributed by atoms with Crippen LogP contribution in [0.3, 0.4) is 0 Å². The van der Waals surface area contributed by atoms with E-state index in [1.54, 1.807) is 17.9 Å². The highest BCUT2D eigenvalue weighted by Crippen LogP contribution is 2.17. The average molecular weight is 328 g/mol. The highest BCUT2D eigenvalue weighted by Gasteiger charge is 2.34. The molecule has 23 heavy (non-hydrogen) atoms. The molecule has 0 aromatic carbocycles. The molecule has 1 rings (SSSR count). The molecule has 1 heterocycles. The molecule has 0 bridgehead atoms. The van der Waals surface area contributed by atoms with Crippen LogP contribution < -0.4 is 5.32 Å². The quantitative estimate of drug-likeness (QED) is 0.784. The Morgan fingerprint density at radius 2 is 2.09 bits per heavy atom. The monoisotopic (exact) mass is 328 g/mol. The predicted octanol–water partition coefficient (Wildman–Crippen LogP) is 2.31. The second kappa shape index (κ2) is 8.76. The molecular formula is C16H28N2O5. The van der Waals surface area contributed by atoms with Crippen molar-refractivity contribution in [2.45, 2.75) is 51.9 Å². The zero-order valence-corrected chi connectivity index (χ0v) is 14.5. The molecule has 1 aliphatic heterocycles. The summed E-state index contributed by atoms with van der Waals surface area (Å²) in [5.74, 6) is 0. The van der Waals surface area contributed by atoms with E-state index in [1.807, 2.05) is 20.8 Å². The molecule has 0 aliphatic carbocycles. The van der Waals surface area contributed by atoms with Crippen LogP contribution in [0.5, 0.6) is 0 Å². The number of hydrogen-bond donors (Lipinski definition) is 1. The van der Waals surface area contributed by atoms with Gasteiger partial charge in [-0.15, -0.1) is 6.58 Å². The number of nitrogens with one attached hydrogen (secondary N) is 1. The molecule has 7 nitrogen and oxygen atoms in total. The van der Waals surface area contributed by atoms with Crippen molar-refractivity contribution in [3.8, 4) is 0 Å². The molecule has 132 valence electrons. The van der Waals surface area contributed by atoms with Crippen LogP contribution in [-0.2, 0) is 14.2 Å². The third kappa shape index (κ3) is 6.90. The SMILES string of the molecule is C=CCO[C@@H]1CN(C(=O)OCC)CC[C@@H]1NC(=O)OC(C)(C)C. The molecule has 0 spiro atoms. The van der Waals surface area contributed by atoms with Crippen LogP contribution in [0, 0.1) is 0 Å². The largest absolute Gasteiger partial charge is 0.450 e. The van der Waals surface area contributed by atoms with Crippen LogP contribution in [0.1, 0.15) is 34.1 Å². The van der Waals surface area contributed by atoms with E-state index in [9.17, 15) is 9.59 Å². The first-order valence-corrected chi connectivity index (χ1v) is 7.90. The Hall–Kier alpha value is -1.76. The lowest BCUT2D eigenvalue weighted by Gasteiger charge is -2.38. The normalized spacial score (nSPS) is 21.5. The van der Waals surface area contributed by atoms with Gasteiger partial charge in [-0.3, -0.25) is 0 Å². The first kappa shape index (κ1) is 19.3. The number of piperidine rings is 1. The Morgan fingerprint density at radius 3 is 2.65 bits per heavy atom. The summed E-state index contributed by atoms with van der Waals surface area (Å²) in [4.78, 5) is 25.4. The number of hydrogen-bond acceptors (Lipinski definition) is 5. The smallest absolute Gasteiger partial charge is 0.409 e. The van der Waals surface area contributed by atoms with E-state index < -0.39 is 11.7 Å². The average Bonchev–Trinajstić information content (AvgIpc) is 2.44. The van der Waals surface area contributed by atoms with Crippen LogP contribution in [0.4, 0.5) is 9.59 Å². The summed E-state index contributed by atoms with van der Waals surface area (Å²) in [6.45, 7) is 12.3. The Kier molecular flexibility index (Phi) is 7.35. The maximum Gasteiger partial charge on any atom is 0.409 e. The minimum Gasteiger partial charge on any atom is -0.450 e. The fourth-order valence-corrected chi connectivity index (χ4v) is 2.28. The van der Waals surface area contributed by atoms with Gasteiger partial charge in [-0.25, -0.2) is 9.59 Å². The van der Waals surface area contributed by atoms with Crippen LogP contribution in [0.2, 0.25) is 0 Å². The lowest BCUT2D eigenvalue weighted by molar-refractivity contribution is -0.0149. The summed E-state index contributed by atoms with van der Waals surface area (Å²) < 4.78 is 16.0. The van der Waals surface area contributed by atoms with Gasteiger partial charge >= 0.3 is 12.2 Å². The van der Waals surface area contributed by atoms with E-state index in [2.05, 4.69) is 11.9 Å². The highest BCUT2D eigenvalue weighted by molar-refractivity contribution is 5.69. The molecule has 0 radical (unpaired) electrons. The first-order valence-electron chi connectivity index (χ1n) is 7.90. The molecule has 7 heteroatoms. The summed E-state index contributed by atoms with van der Waals surface area (Å²) in [6, 6.07) is -0.226. The van der Waals surface area contributed by atoms with Gasteiger partial charge in [-0.2, -0.15) is 0 Å². The second-order valence-electron chi connectivity index (χ2n) is 6.35. The number of likely N-dealkylation sites (tertiary alicyclic amines) is 1. The summed E-state index contributed by atoms with van der Waals surface area (Å²) in [6.07, 6.45) is 1.02. The van der Waals surface area contributed by atoms with Gasteiger partial charge in [0, 0.05) is 6.54 Å². The van der Waals surface area contributed by atoms with Crippen molar-refractivity contribution in [1.29, 1.82) is 0 Å². The number of carbonyl (C=O) groups excluding carboxylic acids is 2. The maximum atomic E-state index is 11.9. The maximum absolute atomic E-state index is 11.9. The standard InChI is InChI=1S/C16H28N2O5/c1-6-10-22-13-11-18(15(20)21-7-2)9-8-12(13)17-14(19)23-16(3,4)5/h6,12-13H,1,7-11H2,2-5H3,(H,17,19)/t12-,13+/m0/s1. The minimum absolute atomic E-state index is 0.226. The van der Waals surface area contributed by atoms with Gasteiger partial charge in [0.05, 0.1) is 31.9 Å². The number of rotatable bonds is 5. The summed E-state index contributed by atoms with van der Waals surface area (Å²) >= 11 is 0. The van der Waals surface area contributed by atoms with Gasteiger partial charge in [-0.05, 0) is 34.1 Å². The molecule has 0 unspecified atom stereocenters. The van der Waals surface area contributed by atoms with Crippen molar-refractivity contribution in [2.75, 3.05) is 26.3 Å². The van der Waals surface area contributed by atoms with Gasteiger partial charge < -0.3 is 24.4 Å². The Balaban J connectivity index is 2.65. The van der Waals surface area contributed by atoms with Crippen LogP contribution in [-0.4, -0.2) is 61.1 Å². The van der Waals surface area contributed by atoms with E-state index in [-0.39, 0.29) is 18.2 Å². The van der Waals surface area contributed by atoms with Crippen molar-refractivity contribution in [3.63, 3.8) is 0 Å². The molecule has 2 atom stereocenters. The zero-order chi connectivity index (χ0) is 17.5. The molecule has 0 saturated carbocycles. The van der Waals surface area contributed by atoms with Crippen molar-refractivity contribution in [2.24, 2.45) is 0 Å². The van der Waals surface area contributed by atoms with Crippen molar-refractivity contribution in [3.05, 3.63) is 12.7 Å². The molecule has 1 fully saturated rings. The van der Waals surface area contributed by atoms with E-state index >= 15 is 0 Å². The summed E-state index contributed by atoms with van der Waals surface area (Å²) in [5.41, 5.74) is -0.562.